The molecule has 0 radical (unpaired) electrons. The number of nitrogens with two attached hydrogens (primary N) is 1. The first-order valence-corrected chi connectivity index (χ1v) is 6.79. The number of pyridine rings is 1. The average molecular weight is 258 g/mol. The van der Waals surface area contributed by atoms with Gasteiger partial charge in [-0.2, -0.15) is 0 Å². The molecule has 3 aromatic heterocycles. The van der Waals surface area contributed by atoms with Crippen LogP contribution in [-0.2, 0) is 13.0 Å². The third-order valence-corrected chi connectivity index (χ3v) is 3.91. The van der Waals surface area contributed by atoms with Gasteiger partial charge < -0.3 is 10.3 Å². The third-order valence-electron chi connectivity index (χ3n) is 2.93. The summed E-state index contributed by atoms with van der Waals surface area (Å²) in [5, 5.41) is 2.07. The van der Waals surface area contributed by atoms with Gasteiger partial charge >= 0.3 is 0 Å². The summed E-state index contributed by atoms with van der Waals surface area (Å²) >= 11 is 1.73. The topological polar surface area (TPSA) is 56.7 Å². The molecule has 2 N–H and O–H groups in total. The SMILES string of the molecule is Nc1cc(CCCn2ccnc2)c2sccc2n1. The van der Waals surface area contributed by atoms with E-state index in [1.54, 1.807) is 11.3 Å². The maximum atomic E-state index is 5.83. The van der Waals surface area contributed by atoms with Crippen molar-refractivity contribution >= 4 is 27.4 Å². The third kappa shape index (κ3) is 2.22. The predicted octanol–water partition coefficient (Wildman–Crippen LogP) is 2.71. The molecular formula is C13H14N4S. The van der Waals surface area contributed by atoms with Crippen LogP contribution >= 0.6 is 11.3 Å². The fourth-order valence-corrected chi connectivity index (χ4v) is 2.98. The largest absolute Gasteiger partial charge is 0.384 e. The monoisotopic (exact) mass is 258 g/mol. The highest BCUT2D eigenvalue weighted by atomic mass is 32.1. The molecular weight excluding hydrogens is 244 g/mol. The molecule has 3 aromatic rings. The molecule has 0 aromatic carbocycles. The van der Waals surface area contributed by atoms with E-state index < -0.39 is 0 Å². The number of aromatic nitrogens is 3. The van der Waals surface area contributed by atoms with Gasteiger partial charge in [-0.1, -0.05) is 0 Å². The molecule has 0 saturated heterocycles. The number of nitrogen functional groups attached to an aromatic ring is 1. The quantitative estimate of drug-likeness (QED) is 0.782. The Balaban J connectivity index is 1.75. The van der Waals surface area contributed by atoms with Crippen molar-refractivity contribution in [2.24, 2.45) is 0 Å². The standard InChI is InChI=1S/C13H14N4S/c14-12-8-10(13-11(16-12)3-7-18-13)2-1-5-17-6-4-15-9-17/h3-4,6-9H,1-2,5H2,(H2,14,16). The highest BCUT2D eigenvalue weighted by molar-refractivity contribution is 7.17. The Kier molecular flexibility index (Phi) is 2.98. The lowest BCUT2D eigenvalue weighted by Gasteiger charge is -2.05. The van der Waals surface area contributed by atoms with Crippen molar-refractivity contribution in [2.75, 3.05) is 5.73 Å². The van der Waals surface area contributed by atoms with E-state index in [0.29, 0.717) is 5.82 Å². The molecule has 4 nitrogen and oxygen atoms in total. The lowest BCUT2D eigenvalue weighted by atomic mass is 10.1. The Morgan fingerprint density at radius 3 is 3.17 bits per heavy atom. The first kappa shape index (κ1) is 11.2. The number of nitrogens with zero attached hydrogens (tertiary/aromatic N) is 3. The fourth-order valence-electron chi connectivity index (χ4n) is 2.10. The molecule has 0 atom stereocenters. The van der Waals surface area contributed by atoms with Gasteiger partial charge in [0.2, 0.25) is 0 Å². The minimum Gasteiger partial charge on any atom is -0.384 e. The fraction of sp³-hybridized carbons (Fsp3) is 0.231. The molecule has 0 fully saturated rings. The Labute approximate surface area is 109 Å². The number of imidazole rings is 1. The van der Waals surface area contributed by atoms with Gasteiger partial charge in [0.1, 0.15) is 5.82 Å². The zero-order valence-electron chi connectivity index (χ0n) is 9.91. The molecule has 3 heterocycles. The van der Waals surface area contributed by atoms with Crippen LogP contribution in [0.2, 0.25) is 0 Å². The van der Waals surface area contributed by atoms with Crippen LogP contribution in [0.25, 0.3) is 10.2 Å². The summed E-state index contributed by atoms with van der Waals surface area (Å²) in [6.07, 6.45) is 7.74. The number of hydrogen-bond acceptors (Lipinski definition) is 4. The van der Waals surface area contributed by atoms with Gasteiger partial charge in [-0.05, 0) is 35.9 Å². The Bertz CT molecular complexity index is 642. The zero-order chi connectivity index (χ0) is 12.4. The molecule has 0 unspecified atom stereocenters. The second kappa shape index (κ2) is 4.78. The summed E-state index contributed by atoms with van der Waals surface area (Å²) in [6, 6.07) is 4.02. The number of hydrogen-bond donors (Lipinski definition) is 1. The normalized spacial score (nSPS) is 11.1. The number of rotatable bonds is 4. The van der Waals surface area contributed by atoms with E-state index in [1.807, 2.05) is 30.9 Å². The molecule has 0 amide bonds. The average Bonchev–Trinajstić information content (AvgIpc) is 2.98. The predicted molar refractivity (Wildman–Crippen MR) is 74.6 cm³/mol. The minimum atomic E-state index is 0.610. The minimum absolute atomic E-state index is 0.610. The maximum absolute atomic E-state index is 5.83. The maximum Gasteiger partial charge on any atom is 0.124 e. The van der Waals surface area contributed by atoms with E-state index in [4.69, 9.17) is 5.73 Å². The summed E-state index contributed by atoms with van der Waals surface area (Å²) in [6.45, 7) is 0.981. The Morgan fingerprint density at radius 2 is 2.33 bits per heavy atom. The molecule has 5 heteroatoms. The van der Waals surface area contributed by atoms with Crippen LogP contribution in [0.5, 0.6) is 0 Å². The van der Waals surface area contributed by atoms with E-state index in [2.05, 4.69) is 19.9 Å². The van der Waals surface area contributed by atoms with Crippen molar-refractivity contribution in [2.45, 2.75) is 19.4 Å². The van der Waals surface area contributed by atoms with Crippen LogP contribution in [0, 0.1) is 0 Å². The summed E-state index contributed by atoms with van der Waals surface area (Å²) in [7, 11) is 0. The number of thiophene rings is 1. The van der Waals surface area contributed by atoms with Crippen molar-refractivity contribution in [1.82, 2.24) is 14.5 Å². The summed E-state index contributed by atoms with van der Waals surface area (Å²) in [5.74, 6) is 0.610. The van der Waals surface area contributed by atoms with E-state index in [0.717, 1.165) is 24.9 Å². The van der Waals surface area contributed by atoms with Gasteiger partial charge in [-0.25, -0.2) is 9.97 Å². The molecule has 0 spiro atoms. The molecule has 0 bridgehead atoms. The lowest BCUT2D eigenvalue weighted by Crippen LogP contribution is -1.98. The second-order valence-electron chi connectivity index (χ2n) is 4.25. The summed E-state index contributed by atoms with van der Waals surface area (Å²) < 4.78 is 3.35. The molecule has 92 valence electrons. The highest BCUT2D eigenvalue weighted by Crippen LogP contribution is 2.26. The summed E-state index contributed by atoms with van der Waals surface area (Å²) in [5.41, 5.74) is 8.14. The van der Waals surface area contributed by atoms with Crippen molar-refractivity contribution in [1.29, 1.82) is 0 Å². The van der Waals surface area contributed by atoms with Gasteiger partial charge in [0.15, 0.2) is 0 Å². The van der Waals surface area contributed by atoms with Gasteiger partial charge in [-0.3, -0.25) is 0 Å². The van der Waals surface area contributed by atoms with Gasteiger partial charge in [0.05, 0.1) is 16.5 Å². The first-order chi connectivity index (χ1) is 8.83. The van der Waals surface area contributed by atoms with Crippen LogP contribution < -0.4 is 5.73 Å². The van der Waals surface area contributed by atoms with Gasteiger partial charge in [-0.15, -0.1) is 11.3 Å². The first-order valence-electron chi connectivity index (χ1n) is 5.91. The molecule has 0 aliphatic rings. The van der Waals surface area contributed by atoms with Crippen molar-refractivity contribution in [3.05, 3.63) is 41.8 Å². The van der Waals surface area contributed by atoms with Crippen LogP contribution in [-0.4, -0.2) is 14.5 Å². The Hall–Kier alpha value is -1.88. The van der Waals surface area contributed by atoms with Gasteiger partial charge in [0.25, 0.3) is 0 Å². The van der Waals surface area contributed by atoms with E-state index in [-0.39, 0.29) is 0 Å². The van der Waals surface area contributed by atoms with Crippen LogP contribution in [0.4, 0.5) is 5.82 Å². The highest BCUT2D eigenvalue weighted by Gasteiger charge is 2.05. The second-order valence-corrected chi connectivity index (χ2v) is 5.16. The van der Waals surface area contributed by atoms with E-state index >= 15 is 0 Å². The lowest BCUT2D eigenvalue weighted by molar-refractivity contribution is 0.643. The van der Waals surface area contributed by atoms with Crippen molar-refractivity contribution < 1.29 is 0 Å². The molecule has 0 aliphatic carbocycles. The zero-order valence-corrected chi connectivity index (χ0v) is 10.7. The number of fused-ring (bicyclic) bond motifs is 1. The van der Waals surface area contributed by atoms with Crippen molar-refractivity contribution in [3.63, 3.8) is 0 Å². The molecule has 0 aliphatic heterocycles. The van der Waals surface area contributed by atoms with Gasteiger partial charge in [0, 0.05) is 18.9 Å². The van der Waals surface area contributed by atoms with E-state index in [9.17, 15) is 0 Å². The number of aryl methyl sites for hydroxylation is 2. The van der Waals surface area contributed by atoms with Crippen molar-refractivity contribution in [3.8, 4) is 0 Å². The van der Waals surface area contributed by atoms with Crippen LogP contribution in [0.15, 0.2) is 36.2 Å². The molecule has 18 heavy (non-hydrogen) atoms. The summed E-state index contributed by atoms with van der Waals surface area (Å²) in [4.78, 5) is 8.37. The smallest absolute Gasteiger partial charge is 0.124 e. The van der Waals surface area contributed by atoms with E-state index in [1.165, 1.54) is 10.3 Å². The van der Waals surface area contributed by atoms with Crippen LogP contribution in [0.3, 0.4) is 0 Å². The molecule has 0 saturated carbocycles. The Morgan fingerprint density at radius 1 is 1.39 bits per heavy atom. The molecule has 3 rings (SSSR count). The van der Waals surface area contributed by atoms with Crippen LogP contribution in [0.1, 0.15) is 12.0 Å². The number of anilines is 1.